The molecule has 2 aromatic rings. The molecule has 4 rings (SSSR count). The van der Waals surface area contributed by atoms with Gasteiger partial charge in [-0.25, -0.2) is 9.78 Å². The molecule has 0 saturated heterocycles. The van der Waals surface area contributed by atoms with E-state index in [9.17, 15) is 9.59 Å². The van der Waals surface area contributed by atoms with Crippen molar-refractivity contribution >= 4 is 22.8 Å². The van der Waals surface area contributed by atoms with Crippen LogP contribution < -0.4 is 10.5 Å². The summed E-state index contributed by atoms with van der Waals surface area (Å²) in [6.07, 6.45) is 0. The van der Waals surface area contributed by atoms with Crippen molar-refractivity contribution < 1.29 is 19.4 Å². The fourth-order valence-electron chi connectivity index (χ4n) is 2.74. The van der Waals surface area contributed by atoms with Crippen LogP contribution in [-0.2, 0) is 0 Å². The summed E-state index contributed by atoms with van der Waals surface area (Å²) in [4.78, 5) is 26.0. The largest absolute Gasteiger partial charge is 0.497 e. The van der Waals surface area contributed by atoms with Gasteiger partial charge in [-0.05, 0) is 42.5 Å². The molecule has 0 bridgehead atoms. The number of benzene rings is 2. The van der Waals surface area contributed by atoms with Crippen LogP contribution in [0.3, 0.4) is 0 Å². The molecule has 0 saturated carbocycles. The van der Waals surface area contributed by atoms with E-state index in [1.54, 1.807) is 24.3 Å². The number of nitrogens with zero attached hydrogens (tertiary/aromatic N) is 1. The van der Waals surface area contributed by atoms with Gasteiger partial charge < -0.3 is 15.6 Å². The molecule has 1 aliphatic carbocycles. The van der Waals surface area contributed by atoms with Gasteiger partial charge >= 0.3 is 5.97 Å². The third-order valence-electron chi connectivity index (χ3n) is 4.16. The first-order chi connectivity index (χ1) is 13.5. The predicted octanol–water partition coefficient (Wildman–Crippen LogP) is 3.83. The lowest BCUT2D eigenvalue weighted by Crippen LogP contribution is -2.09. The molecule has 2 aromatic carbocycles. The number of rotatable bonds is 3. The number of carboxylic acid groups (broad SMARTS) is 1. The lowest BCUT2D eigenvalue weighted by Gasteiger charge is -1.98. The fourth-order valence-corrected chi connectivity index (χ4v) is 2.74. The molecule has 6 nitrogen and oxygen atoms in total. The maximum Gasteiger partial charge on any atom is 0.335 e. The first kappa shape index (κ1) is 18.8. The zero-order chi connectivity index (χ0) is 20.1. The Balaban J connectivity index is 0.000000178. The lowest BCUT2D eigenvalue weighted by molar-refractivity contribution is 0.0696. The van der Waals surface area contributed by atoms with E-state index in [1.165, 1.54) is 19.2 Å². The summed E-state index contributed by atoms with van der Waals surface area (Å²) in [5, 5.41) is 9.60. The normalized spacial score (nSPS) is 10.2. The molecule has 1 amide bonds. The molecular weight excluding hydrogens is 356 g/mol. The first-order valence-electron chi connectivity index (χ1n) is 8.45. The average molecular weight is 374 g/mol. The number of carbonyl (C=O) groups excluding carboxylic acids is 1. The molecule has 1 heterocycles. The quantitative estimate of drug-likeness (QED) is 0.567. The van der Waals surface area contributed by atoms with Crippen molar-refractivity contribution in [2.45, 2.75) is 0 Å². The molecular formula is C22H18N2O4. The van der Waals surface area contributed by atoms with E-state index in [-0.39, 0.29) is 5.56 Å². The minimum absolute atomic E-state index is 0.269. The third kappa shape index (κ3) is 4.07. The highest BCUT2D eigenvalue weighted by atomic mass is 16.5. The van der Waals surface area contributed by atoms with Crippen LogP contribution in [0, 0.1) is 0 Å². The standard InChI is InChI=1S/C14H10N2O.C8H8O3/c15-14(17)9-4-3-6-11-10-5-1-2-7-12(10)16-13(11)8-9;1-11-7-4-2-6(3-5-7)8(9)10/h1-8H,(H2,15,17);2-5H,1H3,(H,9,10). The summed E-state index contributed by atoms with van der Waals surface area (Å²) in [5.41, 5.74) is 8.80. The van der Waals surface area contributed by atoms with Crippen LogP contribution in [0.5, 0.6) is 5.75 Å². The summed E-state index contributed by atoms with van der Waals surface area (Å²) in [6, 6.07) is 21.4. The Kier molecular flexibility index (Phi) is 5.50. The molecule has 1 aliphatic heterocycles. The van der Waals surface area contributed by atoms with Crippen LogP contribution >= 0.6 is 0 Å². The number of nitrogens with two attached hydrogens (primary N) is 1. The van der Waals surface area contributed by atoms with Gasteiger partial charge in [-0.1, -0.05) is 30.3 Å². The lowest BCUT2D eigenvalue weighted by atomic mass is 10.1. The second-order valence-corrected chi connectivity index (χ2v) is 5.95. The third-order valence-corrected chi connectivity index (χ3v) is 4.16. The van der Waals surface area contributed by atoms with Crippen LogP contribution in [0.2, 0.25) is 0 Å². The maximum atomic E-state index is 11.2. The van der Waals surface area contributed by atoms with Gasteiger partial charge in [-0.2, -0.15) is 0 Å². The first-order valence-corrected chi connectivity index (χ1v) is 8.45. The number of fused-ring (bicyclic) bond motifs is 3. The number of hydrogen-bond donors (Lipinski definition) is 2. The summed E-state index contributed by atoms with van der Waals surface area (Å²) in [7, 11) is 1.54. The van der Waals surface area contributed by atoms with Gasteiger partial charge in [0.1, 0.15) is 5.75 Å². The van der Waals surface area contributed by atoms with E-state index >= 15 is 0 Å². The smallest absolute Gasteiger partial charge is 0.335 e. The predicted molar refractivity (Wildman–Crippen MR) is 107 cm³/mol. The van der Waals surface area contributed by atoms with E-state index in [0.717, 1.165) is 22.2 Å². The molecule has 0 fully saturated rings. The highest BCUT2D eigenvalue weighted by molar-refractivity contribution is 5.99. The van der Waals surface area contributed by atoms with Gasteiger partial charge in [0.05, 0.1) is 23.9 Å². The van der Waals surface area contributed by atoms with E-state index in [2.05, 4.69) is 4.98 Å². The van der Waals surface area contributed by atoms with Gasteiger partial charge in [0.2, 0.25) is 5.91 Å². The minimum atomic E-state index is -0.923. The SMILES string of the molecule is COc1ccc(C(=O)O)cc1.NC(=O)c1cccc2c3ccccc3nc-2c1. The molecule has 140 valence electrons. The van der Waals surface area contributed by atoms with Crippen LogP contribution in [0.4, 0.5) is 0 Å². The van der Waals surface area contributed by atoms with Gasteiger partial charge in [-0.3, -0.25) is 4.79 Å². The van der Waals surface area contributed by atoms with Gasteiger partial charge in [0.15, 0.2) is 0 Å². The Morgan fingerprint density at radius 1 is 0.929 bits per heavy atom. The number of aromatic nitrogens is 1. The van der Waals surface area contributed by atoms with Crippen molar-refractivity contribution in [1.29, 1.82) is 0 Å². The fraction of sp³-hybridized carbons (Fsp3) is 0.0455. The Morgan fingerprint density at radius 2 is 1.64 bits per heavy atom. The molecule has 0 radical (unpaired) electrons. The summed E-state index contributed by atoms with van der Waals surface area (Å²) in [5.74, 6) is -0.697. The number of hydrogen-bond acceptors (Lipinski definition) is 4. The van der Waals surface area contributed by atoms with Crippen molar-refractivity contribution in [2.75, 3.05) is 7.11 Å². The van der Waals surface area contributed by atoms with Crippen LogP contribution in [-0.4, -0.2) is 29.1 Å². The van der Waals surface area contributed by atoms with Gasteiger partial charge in [0.25, 0.3) is 0 Å². The van der Waals surface area contributed by atoms with E-state index < -0.39 is 11.9 Å². The van der Waals surface area contributed by atoms with Crippen molar-refractivity contribution in [3.05, 3.63) is 83.9 Å². The molecule has 2 aliphatic rings. The molecule has 0 spiro atoms. The molecule has 3 N–H and O–H groups in total. The number of para-hydroxylation sites is 1. The van der Waals surface area contributed by atoms with Crippen LogP contribution in [0.15, 0.2) is 72.8 Å². The zero-order valence-corrected chi connectivity index (χ0v) is 15.1. The average Bonchev–Trinajstić information content (AvgIpc) is 2.90. The second-order valence-electron chi connectivity index (χ2n) is 5.95. The molecule has 28 heavy (non-hydrogen) atoms. The molecule has 0 unspecified atom stereocenters. The number of primary amides is 1. The Labute approximate surface area is 161 Å². The van der Waals surface area contributed by atoms with Crippen LogP contribution in [0.25, 0.3) is 22.2 Å². The number of aromatic carboxylic acids is 1. The maximum absolute atomic E-state index is 11.2. The second kappa shape index (κ2) is 8.18. The van der Waals surface area contributed by atoms with Crippen molar-refractivity contribution in [2.24, 2.45) is 5.73 Å². The summed E-state index contributed by atoms with van der Waals surface area (Å²) >= 11 is 0. The van der Waals surface area contributed by atoms with E-state index in [0.29, 0.717) is 11.3 Å². The van der Waals surface area contributed by atoms with Crippen LogP contribution in [0.1, 0.15) is 20.7 Å². The topological polar surface area (TPSA) is 103 Å². The number of methoxy groups -OCH3 is 1. The number of amides is 1. The molecule has 0 atom stereocenters. The molecule has 6 heteroatoms. The Hall–Kier alpha value is -3.93. The van der Waals surface area contributed by atoms with Gasteiger partial charge in [-0.15, -0.1) is 0 Å². The van der Waals surface area contributed by atoms with Crippen molar-refractivity contribution in [3.8, 4) is 17.0 Å². The van der Waals surface area contributed by atoms with Crippen molar-refractivity contribution in [1.82, 2.24) is 4.98 Å². The molecule has 0 aromatic heterocycles. The number of carboxylic acids is 1. The Morgan fingerprint density at radius 3 is 2.29 bits per heavy atom. The van der Waals surface area contributed by atoms with E-state index in [4.69, 9.17) is 15.6 Å². The highest BCUT2D eigenvalue weighted by Gasteiger charge is 2.11. The van der Waals surface area contributed by atoms with E-state index in [1.807, 2.05) is 36.4 Å². The monoisotopic (exact) mass is 374 g/mol. The zero-order valence-electron chi connectivity index (χ0n) is 15.1. The number of carbonyl (C=O) groups is 2. The minimum Gasteiger partial charge on any atom is -0.497 e. The summed E-state index contributed by atoms with van der Waals surface area (Å²) in [6.45, 7) is 0. The number of ether oxygens (including phenoxy) is 1. The Bertz CT molecular complexity index is 1110. The summed E-state index contributed by atoms with van der Waals surface area (Å²) < 4.78 is 4.86. The van der Waals surface area contributed by atoms with Gasteiger partial charge in [0, 0.05) is 16.5 Å². The van der Waals surface area contributed by atoms with Crippen molar-refractivity contribution in [3.63, 3.8) is 0 Å². The highest BCUT2D eigenvalue weighted by Crippen LogP contribution is 2.30.